The molecule has 1 aliphatic rings. The Morgan fingerprint density at radius 2 is 2.06 bits per heavy atom. The molecule has 1 aliphatic heterocycles. The fourth-order valence-electron chi connectivity index (χ4n) is 1.96. The summed E-state index contributed by atoms with van der Waals surface area (Å²) in [5.41, 5.74) is 0. The average molecular weight is 245 g/mol. The van der Waals surface area contributed by atoms with Crippen LogP contribution in [0.2, 0.25) is 0 Å². The molecular weight excluding hydrogens is 218 g/mol. The van der Waals surface area contributed by atoms with E-state index in [0.717, 1.165) is 13.2 Å². The van der Waals surface area contributed by atoms with E-state index >= 15 is 0 Å². The molecule has 3 unspecified atom stereocenters. The molecule has 0 aromatic carbocycles. The third-order valence-electron chi connectivity index (χ3n) is 2.99. The predicted molar refractivity (Wildman–Crippen MR) is 73.2 cm³/mol. The first-order valence-corrected chi connectivity index (χ1v) is 7.35. The molecule has 3 heteroatoms. The topological polar surface area (TPSA) is 21.3 Å². The van der Waals surface area contributed by atoms with Crippen molar-refractivity contribution < 1.29 is 4.74 Å². The van der Waals surface area contributed by atoms with Crippen LogP contribution in [0.4, 0.5) is 0 Å². The molecule has 3 atom stereocenters. The molecule has 0 aliphatic carbocycles. The molecule has 1 N–H and O–H groups in total. The van der Waals surface area contributed by atoms with Crippen LogP contribution in [0.15, 0.2) is 0 Å². The average Bonchev–Trinajstić information content (AvgIpc) is 2.66. The standard InChI is InChI=1S/C13H27NOS/c1-10(9-16-13(3,4)5)14-11(2)12-6-7-15-8-12/h10-12,14H,6-9H2,1-5H3. The highest BCUT2D eigenvalue weighted by Crippen LogP contribution is 2.24. The van der Waals surface area contributed by atoms with Crippen molar-refractivity contribution in [1.29, 1.82) is 0 Å². The molecule has 0 saturated carbocycles. The Morgan fingerprint density at radius 3 is 2.56 bits per heavy atom. The number of hydrogen-bond donors (Lipinski definition) is 1. The minimum Gasteiger partial charge on any atom is -0.381 e. The Kier molecular flexibility index (Phi) is 5.62. The van der Waals surface area contributed by atoms with Crippen LogP contribution in [0.25, 0.3) is 0 Å². The van der Waals surface area contributed by atoms with Gasteiger partial charge >= 0.3 is 0 Å². The van der Waals surface area contributed by atoms with E-state index in [9.17, 15) is 0 Å². The van der Waals surface area contributed by atoms with E-state index < -0.39 is 0 Å². The molecule has 0 bridgehead atoms. The maximum absolute atomic E-state index is 5.43. The van der Waals surface area contributed by atoms with Gasteiger partial charge in [0.25, 0.3) is 0 Å². The molecule has 16 heavy (non-hydrogen) atoms. The zero-order valence-corrected chi connectivity index (χ0v) is 12.2. The summed E-state index contributed by atoms with van der Waals surface area (Å²) in [6.45, 7) is 13.3. The summed E-state index contributed by atoms with van der Waals surface area (Å²) in [5.74, 6) is 1.89. The molecule has 0 amide bonds. The molecule has 1 saturated heterocycles. The molecule has 0 spiro atoms. The van der Waals surface area contributed by atoms with Crippen molar-refractivity contribution in [3.63, 3.8) is 0 Å². The lowest BCUT2D eigenvalue weighted by atomic mass is 10.0. The van der Waals surface area contributed by atoms with Gasteiger partial charge in [0.05, 0.1) is 6.61 Å². The van der Waals surface area contributed by atoms with Crippen LogP contribution >= 0.6 is 11.8 Å². The molecular formula is C13H27NOS. The summed E-state index contributed by atoms with van der Waals surface area (Å²) >= 11 is 2.03. The van der Waals surface area contributed by atoms with Gasteiger partial charge in [-0.2, -0.15) is 11.8 Å². The highest BCUT2D eigenvalue weighted by atomic mass is 32.2. The first-order chi connectivity index (χ1) is 7.38. The Labute approximate surface area is 105 Å². The van der Waals surface area contributed by atoms with E-state index in [-0.39, 0.29) is 0 Å². The van der Waals surface area contributed by atoms with Crippen molar-refractivity contribution in [1.82, 2.24) is 5.32 Å². The molecule has 0 radical (unpaired) electrons. The predicted octanol–water partition coefficient (Wildman–Crippen LogP) is 2.92. The molecule has 0 aromatic rings. The molecule has 1 rings (SSSR count). The largest absolute Gasteiger partial charge is 0.381 e. The highest BCUT2D eigenvalue weighted by molar-refractivity contribution is 8.00. The van der Waals surface area contributed by atoms with Gasteiger partial charge in [-0.05, 0) is 26.2 Å². The van der Waals surface area contributed by atoms with E-state index in [4.69, 9.17) is 4.74 Å². The molecule has 1 fully saturated rings. The highest BCUT2D eigenvalue weighted by Gasteiger charge is 2.23. The Morgan fingerprint density at radius 1 is 1.38 bits per heavy atom. The maximum Gasteiger partial charge on any atom is 0.0509 e. The second-order valence-electron chi connectivity index (χ2n) is 5.90. The normalized spacial score (nSPS) is 25.7. The van der Waals surface area contributed by atoms with Crippen LogP contribution in [-0.2, 0) is 4.74 Å². The SMILES string of the molecule is CC(CSC(C)(C)C)NC(C)C1CCOC1. The monoisotopic (exact) mass is 245 g/mol. The van der Waals surface area contributed by atoms with E-state index in [2.05, 4.69) is 39.9 Å². The molecule has 2 nitrogen and oxygen atoms in total. The number of hydrogen-bond acceptors (Lipinski definition) is 3. The van der Waals surface area contributed by atoms with Crippen LogP contribution < -0.4 is 5.32 Å². The van der Waals surface area contributed by atoms with Crippen LogP contribution in [-0.4, -0.2) is 35.8 Å². The van der Waals surface area contributed by atoms with Gasteiger partial charge in [0.2, 0.25) is 0 Å². The van der Waals surface area contributed by atoms with Gasteiger partial charge in [-0.3, -0.25) is 0 Å². The Bertz CT molecular complexity index is 197. The van der Waals surface area contributed by atoms with Gasteiger partial charge in [-0.1, -0.05) is 20.8 Å². The summed E-state index contributed by atoms with van der Waals surface area (Å²) < 4.78 is 5.80. The van der Waals surface area contributed by atoms with Crippen molar-refractivity contribution in [2.45, 2.75) is 57.9 Å². The third kappa shape index (κ3) is 5.55. The fourth-order valence-corrected chi connectivity index (χ4v) is 2.80. The molecule has 0 aromatic heterocycles. The van der Waals surface area contributed by atoms with Crippen LogP contribution in [0.3, 0.4) is 0 Å². The first kappa shape index (κ1) is 14.3. The Hall–Kier alpha value is 0.270. The summed E-state index contributed by atoms with van der Waals surface area (Å²) in [6.07, 6.45) is 1.22. The maximum atomic E-state index is 5.43. The van der Waals surface area contributed by atoms with Gasteiger partial charge < -0.3 is 10.1 Å². The van der Waals surface area contributed by atoms with Crippen LogP contribution in [0.5, 0.6) is 0 Å². The lowest BCUT2D eigenvalue weighted by Gasteiger charge is -2.26. The fraction of sp³-hybridized carbons (Fsp3) is 1.00. The van der Waals surface area contributed by atoms with Crippen molar-refractivity contribution in [3.05, 3.63) is 0 Å². The van der Waals surface area contributed by atoms with Gasteiger partial charge in [0.15, 0.2) is 0 Å². The summed E-state index contributed by atoms with van der Waals surface area (Å²) in [7, 11) is 0. The minimum atomic E-state index is 0.371. The smallest absolute Gasteiger partial charge is 0.0509 e. The lowest BCUT2D eigenvalue weighted by Crippen LogP contribution is -2.41. The van der Waals surface area contributed by atoms with Crippen molar-refractivity contribution in [3.8, 4) is 0 Å². The number of ether oxygens (including phenoxy) is 1. The Balaban J connectivity index is 2.19. The van der Waals surface area contributed by atoms with Gasteiger partial charge in [0, 0.05) is 29.2 Å². The second-order valence-corrected chi connectivity index (χ2v) is 7.75. The summed E-state index contributed by atoms with van der Waals surface area (Å²) in [6, 6.07) is 1.16. The number of nitrogens with one attached hydrogen (secondary N) is 1. The summed E-state index contributed by atoms with van der Waals surface area (Å²) in [5, 5.41) is 3.69. The summed E-state index contributed by atoms with van der Waals surface area (Å²) in [4.78, 5) is 0. The van der Waals surface area contributed by atoms with Gasteiger partial charge in [0.1, 0.15) is 0 Å². The van der Waals surface area contributed by atoms with Gasteiger partial charge in [-0.15, -0.1) is 0 Å². The van der Waals surface area contributed by atoms with Crippen molar-refractivity contribution in [2.75, 3.05) is 19.0 Å². The van der Waals surface area contributed by atoms with Gasteiger partial charge in [-0.25, -0.2) is 0 Å². The zero-order valence-electron chi connectivity index (χ0n) is 11.4. The number of rotatable bonds is 5. The van der Waals surface area contributed by atoms with E-state index in [1.54, 1.807) is 0 Å². The van der Waals surface area contributed by atoms with Crippen LogP contribution in [0, 0.1) is 5.92 Å². The third-order valence-corrected chi connectivity index (χ3v) is 4.52. The van der Waals surface area contributed by atoms with Crippen LogP contribution in [0.1, 0.15) is 41.0 Å². The van der Waals surface area contributed by atoms with Crippen molar-refractivity contribution >= 4 is 11.8 Å². The lowest BCUT2D eigenvalue weighted by molar-refractivity contribution is 0.177. The first-order valence-electron chi connectivity index (χ1n) is 6.36. The van der Waals surface area contributed by atoms with E-state index in [1.165, 1.54) is 12.2 Å². The van der Waals surface area contributed by atoms with E-state index in [0.29, 0.717) is 22.7 Å². The molecule has 1 heterocycles. The quantitative estimate of drug-likeness (QED) is 0.805. The molecule has 96 valence electrons. The van der Waals surface area contributed by atoms with E-state index in [1.807, 2.05) is 11.8 Å². The minimum absolute atomic E-state index is 0.371. The van der Waals surface area contributed by atoms with Crippen molar-refractivity contribution in [2.24, 2.45) is 5.92 Å². The number of thioether (sulfide) groups is 1. The zero-order chi connectivity index (χ0) is 12.2. The second kappa shape index (κ2) is 6.27.